The third-order valence-corrected chi connectivity index (χ3v) is 3.79. The van der Waals surface area contributed by atoms with E-state index < -0.39 is 0 Å². The number of hydrogen-bond acceptors (Lipinski definition) is 2. The van der Waals surface area contributed by atoms with Gasteiger partial charge in [-0.15, -0.1) is 0 Å². The monoisotopic (exact) mass is 267 g/mol. The van der Waals surface area contributed by atoms with Gasteiger partial charge in [0.2, 0.25) is 5.91 Å². The minimum Gasteiger partial charge on any atom is -0.497 e. The summed E-state index contributed by atoms with van der Waals surface area (Å²) in [6, 6.07) is 16.2. The largest absolute Gasteiger partial charge is 0.497 e. The number of carbonyl (C=O) groups is 1. The Labute approximate surface area is 118 Å². The van der Waals surface area contributed by atoms with E-state index in [1.807, 2.05) is 30.3 Å². The summed E-state index contributed by atoms with van der Waals surface area (Å²) in [6.45, 7) is 0.564. The molecule has 0 unspecified atom stereocenters. The van der Waals surface area contributed by atoms with Crippen LogP contribution in [0.5, 0.6) is 5.75 Å². The molecule has 3 nitrogen and oxygen atoms in total. The van der Waals surface area contributed by atoms with Gasteiger partial charge in [0, 0.05) is 18.9 Å². The Balaban J connectivity index is 2.08. The number of carbonyl (C=O) groups excluding carboxylic acids is 1. The van der Waals surface area contributed by atoms with Crippen LogP contribution in [-0.2, 0) is 11.3 Å². The zero-order valence-corrected chi connectivity index (χ0v) is 11.4. The second-order valence-electron chi connectivity index (χ2n) is 5.01. The van der Waals surface area contributed by atoms with Crippen molar-refractivity contribution >= 4 is 5.91 Å². The first kappa shape index (κ1) is 12.7. The summed E-state index contributed by atoms with van der Waals surface area (Å²) in [5, 5.41) is 2.96. The fourth-order valence-electron chi connectivity index (χ4n) is 2.75. The smallest absolute Gasteiger partial charge is 0.221 e. The van der Waals surface area contributed by atoms with Crippen molar-refractivity contribution in [2.45, 2.75) is 18.9 Å². The average Bonchev–Trinajstić information content (AvgIpc) is 2.67. The lowest BCUT2D eigenvalue weighted by molar-refractivity contribution is -0.121. The number of amides is 1. The maximum atomic E-state index is 11.9. The van der Waals surface area contributed by atoms with Gasteiger partial charge in [-0.05, 0) is 28.8 Å². The molecule has 2 aromatic carbocycles. The van der Waals surface area contributed by atoms with Crippen LogP contribution < -0.4 is 10.1 Å². The molecule has 0 spiro atoms. The highest BCUT2D eigenvalue weighted by atomic mass is 16.5. The first-order valence-corrected chi connectivity index (χ1v) is 6.76. The molecule has 3 heteroatoms. The lowest BCUT2D eigenvalue weighted by atomic mass is 9.86. The molecular weight excluding hydrogens is 250 g/mol. The van der Waals surface area contributed by atoms with Crippen LogP contribution in [0.15, 0.2) is 48.5 Å². The SMILES string of the molecule is COc1ccc2c(c1)CNC(=O)C[C@H]2c1ccccc1. The third kappa shape index (κ3) is 2.39. The molecule has 1 N–H and O–H groups in total. The zero-order chi connectivity index (χ0) is 13.9. The van der Waals surface area contributed by atoms with Gasteiger partial charge in [-0.3, -0.25) is 4.79 Å². The number of benzene rings is 2. The molecule has 0 saturated carbocycles. The third-order valence-electron chi connectivity index (χ3n) is 3.79. The number of fused-ring (bicyclic) bond motifs is 1. The fraction of sp³-hybridized carbons (Fsp3) is 0.235. The first-order chi connectivity index (χ1) is 9.78. The van der Waals surface area contributed by atoms with Gasteiger partial charge in [-0.2, -0.15) is 0 Å². The Kier molecular flexibility index (Phi) is 3.42. The molecule has 3 rings (SSSR count). The van der Waals surface area contributed by atoms with E-state index in [1.54, 1.807) is 7.11 Å². The van der Waals surface area contributed by atoms with E-state index in [2.05, 4.69) is 23.5 Å². The molecule has 1 aliphatic heterocycles. The summed E-state index contributed by atoms with van der Waals surface area (Å²) in [6.07, 6.45) is 0.489. The van der Waals surface area contributed by atoms with Crippen LogP contribution in [0, 0.1) is 0 Å². The topological polar surface area (TPSA) is 38.3 Å². The second kappa shape index (κ2) is 5.37. The summed E-state index contributed by atoms with van der Waals surface area (Å²) in [5.41, 5.74) is 3.51. The molecule has 2 aromatic rings. The van der Waals surface area contributed by atoms with Gasteiger partial charge < -0.3 is 10.1 Å². The predicted molar refractivity (Wildman–Crippen MR) is 77.7 cm³/mol. The van der Waals surface area contributed by atoms with Crippen LogP contribution in [0.3, 0.4) is 0 Å². The zero-order valence-electron chi connectivity index (χ0n) is 11.4. The van der Waals surface area contributed by atoms with Gasteiger partial charge in [-0.25, -0.2) is 0 Å². The Morgan fingerprint density at radius 3 is 2.70 bits per heavy atom. The number of methoxy groups -OCH3 is 1. The molecule has 1 aliphatic rings. The van der Waals surface area contributed by atoms with Crippen LogP contribution in [0.25, 0.3) is 0 Å². The molecule has 0 saturated heterocycles. The van der Waals surface area contributed by atoms with Gasteiger partial charge in [0.15, 0.2) is 0 Å². The van der Waals surface area contributed by atoms with E-state index in [4.69, 9.17) is 4.74 Å². The first-order valence-electron chi connectivity index (χ1n) is 6.76. The van der Waals surface area contributed by atoms with Crippen LogP contribution in [-0.4, -0.2) is 13.0 Å². The highest BCUT2D eigenvalue weighted by Crippen LogP contribution is 2.34. The van der Waals surface area contributed by atoms with Crippen molar-refractivity contribution in [3.05, 3.63) is 65.2 Å². The Bertz CT molecular complexity index is 622. The van der Waals surface area contributed by atoms with Crippen LogP contribution >= 0.6 is 0 Å². The van der Waals surface area contributed by atoms with E-state index in [0.717, 1.165) is 11.3 Å². The molecule has 1 atom stereocenters. The highest BCUT2D eigenvalue weighted by molar-refractivity contribution is 5.78. The standard InChI is InChI=1S/C17H17NO2/c1-20-14-7-8-15-13(9-14)11-18-17(19)10-16(15)12-5-3-2-4-6-12/h2-9,16H,10-11H2,1H3,(H,18,19)/t16-/m0/s1. The second-order valence-corrected chi connectivity index (χ2v) is 5.01. The lowest BCUT2D eigenvalue weighted by Gasteiger charge is -2.17. The normalized spacial score (nSPS) is 17.9. The molecule has 0 radical (unpaired) electrons. The summed E-state index contributed by atoms with van der Waals surface area (Å²) in [7, 11) is 1.66. The number of ether oxygens (including phenoxy) is 1. The van der Waals surface area contributed by atoms with Crippen molar-refractivity contribution in [3.63, 3.8) is 0 Å². The quantitative estimate of drug-likeness (QED) is 0.908. The number of rotatable bonds is 2. The molecule has 102 valence electrons. The molecule has 0 aliphatic carbocycles. The Hall–Kier alpha value is -2.29. The van der Waals surface area contributed by atoms with Gasteiger partial charge in [0.1, 0.15) is 5.75 Å². The Morgan fingerprint density at radius 2 is 1.95 bits per heavy atom. The van der Waals surface area contributed by atoms with Crippen molar-refractivity contribution in [1.82, 2.24) is 5.32 Å². The van der Waals surface area contributed by atoms with Crippen molar-refractivity contribution < 1.29 is 9.53 Å². The van der Waals surface area contributed by atoms with Crippen molar-refractivity contribution in [2.75, 3.05) is 7.11 Å². The summed E-state index contributed by atoms with van der Waals surface area (Å²) < 4.78 is 5.28. The van der Waals surface area contributed by atoms with E-state index in [0.29, 0.717) is 13.0 Å². The van der Waals surface area contributed by atoms with Gasteiger partial charge in [0.05, 0.1) is 7.11 Å². The highest BCUT2D eigenvalue weighted by Gasteiger charge is 2.24. The summed E-state index contributed by atoms with van der Waals surface area (Å²) in [4.78, 5) is 11.9. The fourth-order valence-corrected chi connectivity index (χ4v) is 2.75. The van der Waals surface area contributed by atoms with E-state index in [-0.39, 0.29) is 11.8 Å². The maximum Gasteiger partial charge on any atom is 0.221 e. The van der Waals surface area contributed by atoms with Crippen molar-refractivity contribution in [1.29, 1.82) is 0 Å². The van der Waals surface area contributed by atoms with Crippen LogP contribution in [0.1, 0.15) is 29.0 Å². The molecule has 0 aromatic heterocycles. The number of hydrogen-bond donors (Lipinski definition) is 1. The molecule has 1 heterocycles. The van der Waals surface area contributed by atoms with Gasteiger partial charge >= 0.3 is 0 Å². The van der Waals surface area contributed by atoms with Crippen LogP contribution in [0.4, 0.5) is 0 Å². The molecule has 20 heavy (non-hydrogen) atoms. The van der Waals surface area contributed by atoms with E-state index in [1.165, 1.54) is 11.1 Å². The number of nitrogens with one attached hydrogen (secondary N) is 1. The molecule has 0 fully saturated rings. The average molecular weight is 267 g/mol. The predicted octanol–water partition coefficient (Wildman–Crippen LogP) is 2.85. The lowest BCUT2D eigenvalue weighted by Crippen LogP contribution is -2.21. The van der Waals surface area contributed by atoms with E-state index in [9.17, 15) is 4.79 Å². The van der Waals surface area contributed by atoms with Gasteiger partial charge in [0.25, 0.3) is 0 Å². The summed E-state index contributed by atoms with van der Waals surface area (Å²) >= 11 is 0. The summed E-state index contributed by atoms with van der Waals surface area (Å²) in [5.74, 6) is 1.03. The maximum absolute atomic E-state index is 11.9. The van der Waals surface area contributed by atoms with Gasteiger partial charge in [-0.1, -0.05) is 36.4 Å². The van der Waals surface area contributed by atoms with Crippen LogP contribution in [0.2, 0.25) is 0 Å². The Morgan fingerprint density at radius 1 is 1.15 bits per heavy atom. The molecular formula is C17H17NO2. The molecule has 0 bridgehead atoms. The molecule has 1 amide bonds. The minimum absolute atomic E-state index is 0.0917. The van der Waals surface area contributed by atoms with Crippen molar-refractivity contribution in [2.24, 2.45) is 0 Å². The van der Waals surface area contributed by atoms with E-state index >= 15 is 0 Å². The minimum atomic E-state index is 0.0917. The van der Waals surface area contributed by atoms with Crippen molar-refractivity contribution in [3.8, 4) is 5.75 Å².